The van der Waals surface area contributed by atoms with Gasteiger partial charge in [0.05, 0.1) is 18.2 Å². The van der Waals surface area contributed by atoms with Crippen LogP contribution in [-0.4, -0.2) is 19.6 Å². The Morgan fingerprint density at radius 1 is 1.35 bits per heavy atom. The number of amides is 1. The largest absolute Gasteiger partial charge is 0.492 e. The van der Waals surface area contributed by atoms with Crippen LogP contribution in [0.2, 0.25) is 0 Å². The number of para-hydroxylation sites is 1. The van der Waals surface area contributed by atoms with Gasteiger partial charge in [0.25, 0.3) is 5.91 Å². The number of anilines is 1. The maximum Gasteiger partial charge on any atom is 0.266 e. The van der Waals surface area contributed by atoms with Crippen molar-refractivity contribution in [3.63, 3.8) is 0 Å². The smallest absolute Gasteiger partial charge is 0.266 e. The molecule has 26 heavy (non-hydrogen) atoms. The minimum absolute atomic E-state index is 0.00670. The first-order valence-corrected chi connectivity index (χ1v) is 8.78. The molecule has 1 amide bonds. The molecule has 0 radical (unpaired) electrons. The minimum atomic E-state index is -0.466. The van der Waals surface area contributed by atoms with Crippen molar-refractivity contribution in [2.45, 2.75) is 13.8 Å². The van der Waals surface area contributed by atoms with Gasteiger partial charge in [0, 0.05) is 5.69 Å². The fraction of sp³-hybridized carbons (Fsp3) is 0.200. The molecule has 0 spiro atoms. The summed E-state index contributed by atoms with van der Waals surface area (Å²) in [7, 11) is 1.55. The van der Waals surface area contributed by atoms with Crippen LogP contribution in [0.25, 0.3) is 6.08 Å². The second-order valence-corrected chi connectivity index (χ2v) is 6.26. The molecule has 0 aliphatic carbocycles. The molecule has 2 aromatic carbocycles. The molecule has 134 valence electrons. The van der Waals surface area contributed by atoms with E-state index >= 15 is 0 Å². The summed E-state index contributed by atoms with van der Waals surface area (Å²) >= 11 is 3.42. The zero-order valence-corrected chi connectivity index (χ0v) is 16.4. The molecule has 0 unspecified atom stereocenters. The van der Waals surface area contributed by atoms with Crippen LogP contribution in [-0.2, 0) is 4.79 Å². The highest BCUT2D eigenvalue weighted by Crippen LogP contribution is 2.37. The summed E-state index contributed by atoms with van der Waals surface area (Å²) in [6, 6.07) is 12.8. The van der Waals surface area contributed by atoms with Crippen molar-refractivity contribution in [2.24, 2.45) is 0 Å². The molecule has 0 saturated heterocycles. The van der Waals surface area contributed by atoms with Crippen LogP contribution in [0.4, 0.5) is 5.69 Å². The molecule has 2 rings (SSSR count). The van der Waals surface area contributed by atoms with Gasteiger partial charge in [-0.3, -0.25) is 4.79 Å². The lowest BCUT2D eigenvalue weighted by atomic mass is 10.1. The van der Waals surface area contributed by atoms with Gasteiger partial charge < -0.3 is 14.8 Å². The Labute approximate surface area is 161 Å². The summed E-state index contributed by atoms with van der Waals surface area (Å²) in [4.78, 5) is 12.4. The number of aryl methyl sites for hydroxylation is 1. The zero-order valence-electron chi connectivity index (χ0n) is 14.8. The van der Waals surface area contributed by atoms with Crippen LogP contribution in [0.5, 0.6) is 11.5 Å². The van der Waals surface area contributed by atoms with E-state index in [1.54, 1.807) is 25.3 Å². The number of nitriles is 1. The van der Waals surface area contributed by atoms with Gasteiger partial charge in [-0.15, -0.1) is 0 Å². The number of rotatable bonds is 6. The van der Waals surface area contributed by atoms with E-state index in [0.29, 0.717) is 33.8 Å². The van der Waals surface area contributed by atoms with E-state index < -0.39 is 5.91 Å². The van der Waals surface area contributed by atoms with Gasteiger partial charge in [-0.25, -0.2) is 0 Å². The topological polar surface area (TPSA) is 71.3 Å². The first-order chi connectivity index (χ1) is 12.5. The molecular weight excluding hydrogens is 396 g/mol. The fourth-order valence-corrected chi connectivity index (χ4v) is 2.97. The van der Waals surface area contributed by atoms with Crippen LogP contribution in [0.15, 0.2) is 46.4 Å². The van der Waals surface area contributed by atoms with Crippen LogP contribution in [0, 0.1) is 18.3 Å². The van der Waals surface area contributed by atoms with E-state index in [0.717, 1.165) is 5.56 Å². The second kappa shape index (κ2) is 9.07. The van der Waals surface area contributed by atoms with E-state index in [9.17, 15) is 10.1 Å². The molecule has 0 heterocycles. The molecule has 6 heteroatoms. The Morgan fingerprint density at radius 2 is 2.08 bits per heavy atom. The third kappa shape index (κ3) is 4.64. The summed E-state index contributed by atoms with van der Waals surface area (Å²) in [6.45, 7) is 4.22. The van der Waals surface area contributed by atoms with Crippen LogP contribution < -0.4 is 14.8 Å². The summed E-state index contributed by atoms with van der Waals surface area (Å²) in [5.41, 5.74) is 2.24. The van der Waals surface area contributed by atoms with Crippen molar-refractivity contribution < 1.29 is 14.3 Å². The Balaban J connectivity index is 2.35. The van der Waals surface area contributed by atoms with Crippen LogP contribution in [0.1, 0.15) is 18.1 Å². The maximum absolute atomic E-state index is 12.4. The molecule has 5 nitrogen and oxygen atoms in total. The van der Waals surface area contributed by atoms with Crippen LogP contribution in [0.3, 0.4) is 0 Å². The van der Waals surface area contributed by atoms with Gasteiger partial charge in [0.2, 0.25) is 0 Å². The van der Waals surface area contributed by atoms with Gasteiger partial charge in [-0.1, -0.05) is 18.2 Å². The molecule has 0 fully saturated rings. The standard InChI is InChI=1S/C20H19BrN2O3/c1-4-26-18-11-14(10-16(21)19(18)25-3)9-15(12-22)20(24)23-17-8-6-5-7-13(17)2/h5-11H,4H2,1-3H3,(H,23,24)/b15-9+. The SMILES string of the molecule is CCOc1cc(/C=C(\C#N)C(=O)Nc2ccccc2C)cc(Br)c1OC. The number of carbonyl (C=O) groups is 1. The highest BCUT2D eigenvalue weighted by atomic mass is 79.9. The quantitative estimate of drug-likeness (QED) is 0.548. The molecule has 2 aromatic rings. The molecule has 0 atom stereocenters. The number of carbonyl (C=O) groups excluding carboxylic acids is 1. The number of nitrogens with one attached hydrogen (secondary N) is 1. The lowest BCUT2D eigenvalue weighted by Gasteiger charge is -2.12. The average molecular weight is 415 g/mol. The van der Waals surface area contributed by atoms with Crippen molar-refractivity contribution >= 4 is 33.6 Å². The van der Waals surface area contributed by atoms with Crippen molar-refractivity contribution in [1.82, 2.24) is 0 Å². The Bertz CT molecular complexity index is 885. The highest BCUT2D eigenvalue weighted by Gasteiger charge is 2.14. The molecule has 0 saturated carbocycles. The first-order valence-electron chi connectivity index (χ1n) is 7.99. The van der Waals surface area contributed by atoms with Crippen molar-refractivity contribution in [3.05, 3.63) is 57.6 Å². The van der Waals surface area contributed by atoms with Gasteiger partial charge >= 0.3 is 0 Å². The Hall–Kier alpha value is -2.78. The van der Waals surface area contributed by atoms with Gasteiger partial charge in [-0.05, 0) is 65.2 Å². The van der Waals surface area contributed by atoms with Crippen molar-refractivity contribution in [2.75, 3.05) is 19.0 Å². The van der Waals surface area contributed by atoms with Crippen LogP contribution >= 0.6 is 15.9 Å². The number of nitrogens with zero attached hydrogens (tertiary/aromatic N) is 1. The van der Waals surface area contributed by atoms with E-state index in [2.05, 4.69) is 21.2 Å². The van der Waals surface area contributed by atoms with Crippen molar-refractivity contribution in [3.8, 4) is 17.6 Å². The third-order valence-electron chi connectivity index (χ3n) is 3.61. The molecule has 0 aliphatic rings. The van der Waals surface area contributed by atoms with E-state index in [1.807, 2.05) is 38.1 Å². The molecule has 0 aromatic heterocycles. The van der Waals surface area contributed by atoms with E-state index in [4.69, 9.17) is 9.47 Å². The number of benzene rings is 2. The second-order valence-electron chi connectivity index (χ2n) is 5.41. The number of ether oxygens (including phenoxy) is 2. The minimum Gasteiger partial charge on any atom is -0.492 e. The highest BCUT2D eigenvalue weighted by molar-refractivity contribution is 9.10. The molecular formula is C20H19BrN2O3. The summed E-state index contributed by atoms with van der Waals surface area (Å²) < 4.78 is 11.6. The van der Waals surface area contributed by atoms with E-state index in [-0.39, 0.29) is 5.57 Å². The summed E-state index contributed by atoms with van der Waals surface area (Å²) in [6.07, 6.45) is 1.51. The van der Waals surface area contributed by atoms with Gasteiger partial charge in [-0.2, -0.15) is 5.26 Å². The Morgan fingerprint density at radius 3 is 2.69 bits per heavy atom. The Kier molecular flexibility index (Phi) is 6.81. The molecule has 1 N–H and O–H groups in total. The third-order valence-corrected chi connectivity index (χ3v) is 4.19. The van der Waals surface area contributed by atoms with Gasteiger partial charge in [0.15, 0.2) is 11.5 Å². The summed E-state index contributed by atoms with van der Waals surface area (Å²) in [5, 5.41) is 12.2. The number of methoxy groups -OCH3 is 1. The molecule has 0 aliphatic heterocycles. The monoisotopic (exact) mass is 414 g/mol. The predicted molar refractivity (Wildman–Crippen MR) is 105 cm³/mol. The van der Waals surface area contributed by atoms with Crippen molar-refractivity contribution in [1.29, 1.82) is 5.26 Å². The number of halogens is 1. The number of hydrogen-bond acceptors (Lipinski definition) is 4. The lowest BCUT2D eigenvalue weighted by Crippen LogP contribution is -2.14. The average Bonchev–Trinajstić information content (AvgIpc) is 2.61. The summed E-state index contributed by atoms with van der Waals surface area (Å²) in [5.74, 6) is 0.630. The molecule has 0 bridgehead atoms. The predicted octanol–water partition coefficient (Wildman–Crippen LogP) is 4.71. The lowest BCUT2D eigenvalue weighted by molar-refractivity contribution is -0.112. The number of hydrogen-bond donors (Lipinski definition) is 1. The fourth-order valence-electron chi connectivity index (χ4n) is 2.35. The van der Waals surface area contributed by atoms with E-state index in [1.165, 1.54) is 6.08 Å². The normalized spacial score (nSPS) is 10.8. The zero-order chi connectivity index (χ0) is 19.1. The van der Waals surface area contributed by atoms with Gasteiger partial charge in [0.1, 0.15) is 11.6 Å². The maximum atomic E-state index is 12.4. The first kappa shape index (κ1) is 19.5.